The van der Waals surface area contributed by atoms with E-state index in [-0.39, 0.29) is 5.91 Å². The number of carbonyl (C=O) groups is 2. The number of carboxylic acid groups (broad SMARTS) is 1. The van der Waals surface area contributed by atoms with Gasteiger partial charge in [0, 0.05) is 13.0 Å². The third-order valence-corrected chi connectivity index (χ3v) is 6.60. The minimum absolute atomic E-state index is 0.145. The van der Waals surface area contributed by atoms with Gasteiger partial charge in [-0.05, 0) is 38.6 Å². The molecule has 0 fully saturated rings. The Kier molecular flexibility index (Phi) is 32.8. The van der Waals surface area contributed by atoms with Crippen molar-refractivity contribution in [3.8, 4) is 0 Å². The lowest BCUT2D eigenvalue weighted by Gasteiger charge is -2.14. The molecule has 6 heteroatoms. The van der Waals surface area contributed by atoms with E-state index in [0.29, 0.717) is 26.0 Å². The average Bonchev–Trinajstić information content (AvgIpc) is 2.86. The molecule has 0 spiro atoms. The highest BCUT2D eigenvalue weighted by Gasteiger charge is 2.18. The van der Waals surface area contributed by atoms with Crippen LogP contribution in [0.2, 0.25) is 0 Å². The van der Waals surface area contributed by atoms with Crippen molar-refractivity contribution in [3.05, 3.63) is 0 Å². The van der Waals surface area contributed by atoms with Crippen molar-refractivity contribution in [1.29, 1.82) is 0 Å². The van der Waals surface area contributed by atoms with E-state index in [1.807, 2.05) is 0 Å². The van der Waals surface area contributed by atoms with Gasteiger partial charge in [0.25, 0.3) is 0 Å². The van der Waals surface area contributed by atoms with Gasteiger partial charge in [-0.25, -0.2) is 4.79 Å². The van der Waals surface area contributed by atoms with Gasteiger partial charge in [-0.3, -0.25) is 4.79 Å². The minimum atomic E-state index is -0.956. The summed E-state index contributed by atoms with van der Waals surface area (Å²) in [5.74, 6) is -1.10. The summed E-state index contributed by atoms with van der Waals surface area (Å²) in [7, 11) is 0. The molecular weight excluding hydrogens is 452 g/mol. The first-order valence-corrected chi connectivity index (χ1v) is 15.4. The van der Waals surface area contributed by atoms with Crippen molar-refractivity contribution >= 4 is 11.9 Å². The molecule has 0 aromatic heterocycles. The van der Waals surface area contributed by atoms with Crippen molar-refractivity contribution < 1.29 is 19.8 Å². The maximum absolute atomic E-state index is 11.8. The van der Waals surface area contributed by atoms with Crippen LogP contribution >= 0.6 is 0 Å². The fourth-order valence-electron chi connectivity index (χ4n) is 4.21. The topological polar surface area (TPSA) is 113 Å². The number of rotatable bonds is 26. The molecule has 0 aliphatic heterocycles. The van der Waals surface area contributed by atoms with Crippen LogP contribution in [-0.2, 0) is 9.59 Å². The zero-order chi connectivity index (χ0) is 27.1. The summed E-state index contributed by atoms with van der Waals surface area (Å²) >= 11 is 0. The van der Waals surface area contributed by atoms with Crippen LogP contribution in [0.4, 0.5) is 0 Å². The zero-order valence-corrected chi connectivity index (χ0v) is 24.0. The fraction of sp³-hybridized carbons (Fsp3) is 0.933. The maximum atomic E-state index is 11.8. The van der Waals surface area contributed by atoms with E-state index >= 15 is 0 Å². The Morgan fingerprint density at radius 1 is 0.639 bits per heavy atom. The standard InChI is InChI=1S/C18H36N2O3.C12H26O/c1-2-3-4-5-6-7-8-9-10-14-17(21)20-16(18(22)23)13-11-12-15-19;1-2-3-4-5-6-7-8-9-10-11-12-13/h16H,2-15,19H2,1H3,(H,20,21)(H,22,23);13H,2-12H2,1H3/t16-;/m0./s1. The molecule has 0 aromatic carbocycles. The molecule has 0 unspecified atom stereocenters. The van der Waals surface area contributed by atoms with Crippen LogP contribution in [0.1, 0.15) is 162 Å². The molecule has 0 heterocycles. The molecule has 0 aliphatic rings. The normalized spacial score (nSPS) is 11.6. The summed E-state index contributed by atoms with van der Waals surface area (Å²) in [5.41, 5.74) is 5.40. The number of hydrogen-bond acceptors (Lipinski definition) is 4. The number of aliphatic hydroxyl groups excluding tert-OH is 1. The quantitative estimate of drug-likeness (QED) is 0.0892. The van der Waals surface area contributed by atoms with Crippen LogP contribution in [0.5, 0.6) is 0 Å². The van der Waals surface area contributed by atoms with E-state index in [2.05, 4.69) is 19.2 Å². The monoisotopic (exact) mass is 514 g/mol. The lowest BCUT2D eigenvalue weighted by Crippen LogP contribution is -2.40. The van der Waals surface area contributed by atoms with Crippen LogP contribution in [0.15, 0.2) is 0 Å². The van der Waals surface area contributed by atoms with Gasteiger partial charge in [-0.1, -0.05) is 123 Å². The van der Waals surface area contributed by atoms with Gasteiger partial charge in [-0.2, -0.15) is 0 Å². The van der Waals surface area contributed by atoms with Crippen molar-refractivity contribution in [2.24, 2.45) is 5.73 Å². The van der Waals surface area contributed by atoms with Gasteiger partial charge in [0.1, 0.15) is 6.04 Å². The molecule has 0 aromatic rings. The average molecular weight is 515 g/mol. The van der Waals surface area contributed by atoms with Crippen molar-refractivity contribution in [1.82, 2.24) is 5.32 Å². The zero-order valence-electron chi connectivity index (χ0n) is 24.0. The summed E-state index contributed by atoms with van der Waals surface area (Å²) in [6.45, 7) is 5.41. The Balaban J connectivity index is 0. The smallest absolute Gasteiger partial charge is 0.326 e. The molecule has 0 saturated carbocycles. The van der Waals surface area contributed by atoms with Crippen LogP contribution < -0.4 is 11.1 Å². The summed E-state index contributed by atoms with van der Waals surface area (Å²) in [6, 6.07) is -0.771. The van der Waals surface area contributed by atoms with E-state index < -0.39 is 12.0 Å². The highest BCUT2D eigenvalue weighted by molar-refractivity contribution is 5.83. The predicted molar refractivity (Wildman–Crippen MR) is 153 cm³/mol. The molecule has 6 nitrogen and oxygen atoms in total. The highest BCUT2D eigenvalue weighted by atomic mass is 16.4. The SMILES string of the molecule is CCCCCCCCCCCC(=O)N[C@@H](CCCCN)C(=O)O.CCCCCCCCCCCCO. The van der Waals surface area contributed by atoms with Gasteiger partial charge >= 0.3 is 5.97 Å². The highest BCUT2D eigenvalue weighted by Crippen LogP contribution is 2.11. The van der Waals surface area contributed by atoms with Gasteiger partial charge in [0.2, 0.25) is 5.91 Å². The molecule has 36 heavy (non-hydrogen) atoms. The van der Waals surface area contributed by atoms with E-state index in [0.717, 1.165) is 38.5 Å². The van der Waals surface area contributed by atoms with Crippen LogP contribution in [0.3, 0.4) is 0 Å². The first-order valence-electron chi connectivity index (χ1n) is 15.4. The summed E-state index contributed by atoms with van der Waals surface area (Å²) < 4.78 is 0. The van der Waals surface area contributed by atoms with Crippen LogP contribution in [0.25, 0.3) is 0 Å². The first-order chi connectivity index (χ1) is 17.5. The molecular formula is C30H62N2O4. The Labute approximate surface area is 223 Å². The third kappa shape index (κ3) is 30.9. The van der Waals surface area contributed by atoms with Gasteiger partial charge < -0.3 is 21.3 Å². The van der Waals surface area contributed by atoms with Gasteiger partial charge in [0.15, 0.2) is 0 Å². The molecule has 1 amide bonds. The molecule has 0 aliphatic carbocycles. The van der Waals surface area contributed by atoms with Crippen molar-refractivity contribution in [3.63, 3.8) is 0 Å². The number of hydrogen-bond donors (Lipinski definition) is 4. The molecule has 0 saturated heterocycles. The Morgan fingerprint density at radius 3 is 1.44 bits per heavy atom. The van der Waals surface area contributed by atoms with Crippen LogP contribution in [0, 0.1) is 0 Å². The first kappa shape index (κ1) is 37.0. The van der Waals surface area contributed by atoms with Gasteiger partial charge in [-0.15, -0.1) is 0 Å². The second kappa shape index (κ2) is 31.9. The number of nitrogens with two attached hydrogens (primary N) is 1. The van der Waals surface area contributed by atoms with Crippen molar-refractivity contribution in [2.45, 2.75) is 168 Å². The number of aliphatic carboxylic acids is 1. The Bertz CT molecular complexity index is 450. The summed E-state index contributed by atoms with van der Waals surface area (Å²) in [6.07, 6.45) is 26.5. The molecule has 1 atom stereocenters. The summed E-state index contributed by atoms with van der Waals surface area (Å²) in [4.78, 5) is 22.9. The number of amides is 1. The Hall–Kier alpha value is -1.14. The minimum Gasteiger partial charge on any atom is -0.480 e. The Morgan fingerprint density at radius 2 is 1.06 bits per heavy atom. The number of nitrogens with one attached hydrogen (secondary N) is 1. The number of carbonyl (C=O) groups excluding carboxylic acids is 1. The number of carboxylic acids is 1. The van der Waals surface area contributed by atoms with E-state index in [1.54, 1.807) is 0 Å². The van der Waals surface area contributed by atoms with E-state index in [4.69, 9.17) is 15.9 Å². The van der Waals surface area contributed by atoms with Gasteiger partial charge in [0.05, 0.1) is 0 Å². The molecule has 216 valence electrons. The molecule has 5 N–H and O–H groups in total. The number of unbranched alkanes of at least 4 members (excludes halogenated alkanes) is 18. The van der Waals surface area contributed by atoms with E-state index in [9.17, 15) is 9.59 Å². The van der Waals surface area contributed by atoms with Crippen LogP contribution in [-0.4, -0.2) is 41.3 Å². The lowest BCUT2D eigenvalue weighted by atomic mass is 10.1. The second-order valence-electron chi connectivity index (χ2n) is 10.2. The summed E-state index contributed by atoms with van der Waals surface area (Å²) in [5, 5.41) is 20.3. The molecule has 0 bridgehead atoms. The van der Waals surface area contributed by atoms with Crippen molar-refractivity contribution in [2.75, 3.05) is 13.2 Å². The lowest BCUT2D eigenvalue weighted by molar-refractivity contribution is -0.142. The van der Waals surface area contributed by atoms with E-state index in [1.165, 1.54) is 96.3 Å². The predicted octanol–water partition coefficient (Wildman–Crippen LogP) is 7.51. The second-order valence-corrected chi connectivity index (χ2v) is 10.2. The molecule has 0 radical (unpaired) electrons. The fourth-order valence-corrected chi connectivity index (χ4v) is 4.21. The third-order valence-electron chi connectivity index (χ3n) is 6.60. The largest absolute Gasteiger partial charge is 0.480 e. The number of aliphatic hydroxyl groups is 1. The molecule has 0 rings (SSSR count). The maximum Gasteiger partial charge on any atom is 0.326 e.